The van der Waals surface area contributed by atoms with Gasteiger partial charge in [-0.3, -0.25) is 24.0 Å². The van der Waals surface area contributed by atoms with Gasteiger partial charge in [-0.05, 0) is 49.7 Å². The third-order valence-electron chi connectivity index (χ3n) is 8.14. The van der Waals surface area contributed by atoms with Gasteiger partial charge in [-0.2, -0.15) is 0 Å². The van der Waals surface area contributed by atoms with E-state index in [0.29, 0.717) is 18.7 Å². The number of benzene rings is 1. The van der Waals surface area contributed by atoms with Gasteiger partial charge in [-0.15, -0.1) is 0 Å². The summed E-state index contributed by atoms with van der Waals surface area (Å²) in [7, 11) is 0. The van der Waals surface area contributed by atoms with Crippen LogP contribution in [0.25, 0.3) is 0 Å². The molecule has 42 heavy (non-hydrogen) atoms. The van der Waals surface area contributed by atoms with Crippen molar-refractivity contribution < 1.29 is 33.4 Å². The highest BCUT2D eigenvalue weighted by Crippen LogP contribution is 2.44. The summed E-state index contributed by atoms with van der Waals surface area (Å²) in [6.07, 6.45) is 1.37. The summed E-state index contributed by atoms with van der Waals surface area (Å²) in [4.78, 5) is 67.1. The van der Waals surface area contributed by atoms with E-state index in [1.54, 1.807) is 37.8 Å². The van der Waals surface area contributed by atoms with Crippen LogP contribution in [0.1, 0.15) is 77.6 Å². The highest BCUT2D eigenvalue weighted by molar-refractivity contribution is 6.37. The van der Waals surface area contributed by atoms with E-state index < -0.39 is 41.7 Å². The lowest BCUT2D eigenvalue weighted by Crippen LogP contribution is -2.62. The van der Waals surface area contributed by atoms with Gasteiger partial charge in [0.15, 0.2) is 0 Å². The van der Waals surface area contributed by atoms with E-state index in [2.05, 4.69) is 16.0 Å². The number of piperidine rings is 1. The van der Waals surface area contributed by atoms with E-state index in [-0.39, 0.29) is 52.6 Å². The standard InChI is InChI=1S/C30H41ClN4O7/c1-7-41-29-20(14-21(36)42-29)33-27(39)23-16-11-12-17(13-16)35(23)28(40)24(30(4,5)6)34-26(38)18-9-8-10-19(22(18)31)32-25(37)15(2)3/h8-10,15-17,20,23-24,29H,7,11-14H2,1-6H3,(H,32,37)(H,33,39)(H,34,38)/t16-,17?,20-,23-,24+,29+/m0/s1. The Morgan fingerprint density at radius 3 is 2.52 bits per heavy atom. The normalized spacial score (nSPS) is 25.8. The van der Waals surface area contributed by atoms with E-state index in [9.17, 15) is 24.0 Å². The Labute approximate surface area is 251 Å². The minimum absolute atomic E-state index is 0.0106. The molecule has 3 aliphatic rings. The molecule has 1 saturated carbocycles. The summed E-state index contributed by atoms with van der Waals surface area (Å²) >= 11 is 6.53. The molecule has 1 aliphatic carbocycles. The number of carbonyl (C=O) groups excluding carboxylic acids is 5. The van der Waals surface area contributed by atoms with Gasteiger partial charge in [0.2, 0.25) is 24.0 Å². The number of ether oxygens (including phenoxy) is 2. The fraction of sp³-hybridized carbons (Fsp3) is 0.633. The van der Waals surface area contributed by atoms with Gasteiger partial charge in [0, 0.05) is 18.6 Å². The monoisotopic (exact) mass is 604 g/mol. The minimum Gasteiger partial charge on any atom is -0.433 e. The number of hydrogen-bond acceptors (Lipinski definition) is 7. The number of esters is 1. The number of likely N-dealkylation sites (tertiary alicyclic amines) is 1. The topological polar surface area (TPSA) is 143 Å². The predicted octanol–water partition coefficient (Wildman–Crippen LogP) is 3.25. The first-order valence-corrected chi connectivity index (χ1v) is 14.9. The van der Waals surface area contributed by atoms with E-state index >= 15 is 0 Å². The van der Waals surface area contributed by atoms with Crippen molar-refractivity contribution in [2.45, 2.75) is 97.7 Å². The number of halogens is 1. The summed E-state index contributed by atoms with van der Waals surface area (Å²) in [5, 5.41) is 8.56. The number of nitrogens with one attached hydrogen (secondary N) is 3. The Kier molecular flexibility index (Phi) is 9.52. The number of hydrogen-bond donors (Lipinski definition) is 3. The van der Waals surface area contributed by atoms with Crippen LogP contribution in [0.5, 0.6) is 0 Å². The molecule has 3 N–H and O–H groups in total. The van der Waals surface area contributed by atoms with Crippen LogP contribution in [-0.2, 0) is 28.7 Å². The summed E-state index contributed by atoms with van der Waals surface area (Å²) in [5.74, 6) is -2.31. The van der Waals surface area contributed by atoms with Crippen molar-refractivity contribution in [1.82, 2.24) is 15.5 Å². The number of amides is 4. The van der Waals surface area contributed by atoms with Crippen LogP contribution in [-0.4, -0.2) is 71.6 Å². The largest absolute Gasteiger partial charge is 0.433 e. The van der Waals surface area contributed by atoms with Crippen molar-refractivity contribution in [3.8, 4) is 0 Å². The lowest BCUT2D eigenvalue weighted by Gasteiger charge is -2.40. The van der Waals surface area contributed by atoms with Crippen molar-refractivity contribution >= 4 is 46.9 Å². The molecule has 2 saturated heterocycles. The number of rotatable bonds is 9. The van der Waals surface area contributed by atoms with Crippen LogP contribution in [0.2, 0.25) is 5.02 Å². The lowest BCUT2D eigenvalue weighted by atomic mass is 9.84. The molecule has 1 aromatic carbocycles. The van der Waals surface area contributed by atoms with Gasteiger partial charge in [-0.1, -0.05) is 52.3 Å². The van der Waals surface area contributed by atoms with Crippen LogP contribution < -0.4 is 16.0 Å². The highest BCUT2D eigenvalue weighted by Gasteiger charge is 2.54. The number of fused-ring (bicyclic) bond motifs is 2. The molecule has 3 fully saturated rings. The Bertz CT molecular complexity index is 1250. The first-order valence-electron chi connectivity index (χ1n) is 14.6. The maximum absolute atomic E-state index is 14.2. The van der Waals surface area contributed by atoms with Crippen LogP contribution in [0, 0.1) is 17.3 Å². The minimum atomic E-state index is -0.975. The first kappa shape index (κ1) is 31.7. The van der Waals surface area contributed by atoms with Crippen LogP contribution in [0.4, 0.5) is 5.69 Å². The third kappa shape index (κ3) is 6.57. The van der Waals surface area contributed by atoms with Gasteiger partial charge in [-0.25, -0.2) is 0 Å². The van der Waals surface area contributed by atoms with Gasteiger partial charge < -0.3 is 30.3 Å². The second kappa shape index (κ2) is 12.6. The fourth-order valence-electron chi connectivity index (χ4n) is 5.97. The van der Waals surface area contributed by atoms with E-state index in [1.807, 2.05) is 20.8 Å². The Morgan fingerprint density at radius 2 is 1.88 bits per heavy atom. The molecule has 1 aromatic rings. The van der Waals surface area contributed by atoms with Gasteiger partial charge in [0.25, 0.3) is 5.91 Å². The molecule has 4 amide bonds. The molecule has 0 radical (unpaired) electrons. The average molecular weight is 605 g/mol. The Hall–Kier alpha value is -3.18. The van der Waals surface area contributed by atoms with Gasteiger partial charge >= 0.3 is 5.97 Å². The zero-order chi connectivity index (χ0) is 30.9. The van der Waals surface area contributed by atoms with E-state index in [4.69, 9.17) is 21.1 Å². The number of cyclic esters (lactones) is 1. The quantitative estimate of drug-likeness (QED) is 0.367. The molecule has 1 unspecified atom stereocenters. The van der Waals surface area contributed by atoms with Crippen LogP contribution >= 0.6 is 11.6 Å². The molecule has 6 atom stereocenters. The van der Waals surface area contributed by atoms with Crippen molar-refractivity contribution in [2.75, 3.05) is 11.9 Å². The highest BCUT2D eigenvalue weighted by atomic mass is 35.5. The average Bonchev–Trinajstić information content (AvgIpc) is 3.62. The van der Waals surface area contributed by atoms with Gasteiger partial charge in [0.1, 0.15) is 18.1 Å². The molecule has 2 aliphatic heterocycles. The zero-order valence-electron chi connectivity index (χ0n) is 25.0. The van der Waals surface area contributed by atoms with Crippen LogP contribution in [0.3, 0.4) is 0 Å². The molecular weight excluding hydrogens is 564 g/mol. The summed E-state index contributed by atoms with van der Waals surface area (Å²) in [6.45, 7) is 11.1. The van der Waals surface area contributed by atoms with E-state index in [0.717, 1.165) is 12.8 Å². The van der Waals surface area contributed by atoms with Crippen LogP contribution in [0.15, 0.2) is 18.2 Å². The SMILES string of the molecule is CCO[C@@H]1OC(=O)C[C@@H]1NC(=O)[C@@H]1[C@H]2CCC(C2)N1C(=O)[C@@H](NC(=O)c1cccc(NC(=O)C(C)C)c1Cl)C(C)(C)C. The van der Waals surface area contributed by atoms with Crippen molar-refractivity contribution in [2.24, 2.45) is 17.3 Å². The first-order chi connectivity index (χ1) is 19.7. The maximum Gasteiger partial charge on any atom is 0.310 e. The molecule has 11 nitrogen and oxygen atoms in total. The van der Waals surface area contributed by atoms with Crippen molar-refractivity contribution in [3.63, 3.8) is 0 Å². The predicted molar refractivity (Wildman–Crippen MR) is 155 cm³/mol. The summed E-state index contributed by atoms with van der Waals surface area (Å²) in [5.41, 5.74) is -0.294. The number of carbonyl (C=O) groups is 5. The zero-order valence-corrected chi connectivity index (χ0v) is 25.7. The molecule has 0 spiro atoms. The lowest BCUT2D eigenvalue weighted by molar-refractivity contribution is -0.165. The molecule has 0 aromatic heterocycles. The molecule has 2 bridgehead atoms. The molecule has 2 heterocycles. The smallest absolute Gasteiger partial charge is 0.310 e. The van der Waals surface area contributed by atoms with Crippen molar-refractivity contribution in [3.05, 3.63) is 28.8 Å². The molecule has 230 valence electrons. The second-order valence-electron chi connectivity index (χ2n) is 12.6. The molecular formula is C30H41ClN4O7. The maximum atomic E-state index is 14.2. The summed E-state index contributed by atoms with van der Waals surface area (Å²) < 4.78 is 10.7. The summed E-state index contributed by atoms with van der Waals surface area (Å²) in [6, 6.07) is 2.24. The third-order valence-corrected chi connectivity index (χ3v) is 8.55. The second-order valence-corrected chi connectivity index (χ2v) is 13.0. The number of anilines is 1. The molecule has 12 heteroatoms. The van der Waals surface area contributed by atoms with Gasteiger partial charge in [0.05, 0.1) is 22.7 Å². The number of nitrogens with zero attached hydrogens (tertiary/aromatic N) is 1. The Morgan fingerprint density at radius 1 is 1.17 bits per heavy atom. The van der Waals surface area contributed by atoms with Crippen molar-refractivity contribution in [1.29, 1.82) is 0 Å². The fourth-order valence-corrected chi connectivity index (χ4v) is 6.23. The molecule has 4 rings (SSSR count). The Balaban J connectivity index is 1.55. The van der Waals surface area contributed by atoms with E-state index in [1.165, 1.54) is 6.07 Å².